The Bertz CT molecular complexity index is 856. The second-order valence-electron chi connectivity index (χ2n) is 5.90. The molecule has 25 heavy (non-hydrogen) atoms. The third-order valence-electron chi connectivity index (χ3n) is 4.31. The number of nitrogens with zero attached hydrogens (tertiary/aromatic N) is 2. The summed E-state index contributed by atoms with van der Waals surface area (Å²) in [6, 6.07) is 11.7. The van der Waals surface area contributed by atoms with Crippen LogP contribution in [-0.2, 0) is 11.3 Å². The van der Waals surface area contributed by atoms with Crippen LogP contribution in [0, 0.1) is 0 Å². The summed E-state index contributed by atoms with van der Waals surface area (Å²) in [5.74, 6) is 0.765. The van der Waals surface area contributed by atoms with E-state index in [0.717, 1.165) is 0 Å². The van der Waals surface area contributed by atoms with E-state index in [-0.39, 0.29) is 25.3 Å². The Morgan fingerprint density at radius 2 is 1.92 bits per heavy atom. The summed E-state index contributed by atoms with van der Waals surface area (Å²) in [5, 5.41) is 0.400. The molecule has 6 nitrogen and oxygen atoms in total. The van der Waals surface area contributed by atoms with Gasteiger partial charge in [0.15, 0.2) is 11.5 Å². The first kappa shape index (κ1) is 15.8. The normalized spacial score (nSPS) is 19.0. The number of hydrogen-bond donors (Lipinski definition) is 0. The summed E-state index contributed by atoms with van der Waals surface area (Å²) < 4.78 is 10.6. The Balaban J connectivity index is 1.62. The van der Waals surface area contributed by atoms with Crippen molar-refractivity contribution in [2.75, 3.05) is 11.7 Å². The van der Waals surface area contributed by atoms with Gasteiger partial charge in [-0.1, -0.05) is 29.8 Å². The molecule has 1 atom stereocenters. The maximum Gasteiger partial charge on any atom is 0.332 e. The van der Waals surface area contributed by atoms with E-state index in [9.17, 15) is 9.59 Å². The third-order valence-corrected chi connectivity index (χ3v) is 4.59. The van der Waals surface area contributed by atoms with Gasteiger partial charge in [0.25, 0.3) is 5.91 Å². The van der Waals surface area contributed by atoms with E-state index < -0.39 is 6.04 Å². The molecule has 0 bridgehead atoms. The molecule has 2 aliphatic rings. The highest BCUT2D eigenvalue weighted by Crippen LogP contribution is 2.40. The van der Waals surface area contributed by atoms with Crippen LogP contribution in [0.2, 0.25) is 5.02 Å². The van der Waals surface area contributed by atoms with Gasteiger partial charge < -0.3 is 9.47 Å². The zero-order chi connectivity index (χ0) is 17.6. The molecular weight excluding hydrogens is 344 g/mol. The average molecular weight is 359 g/mol. The molecule has 0 aliphatic carbocycles. The smallest absolute Gasteiger partial charge is 0.332 e. The van der Waals surface area contributed by atoms with Crippen LogP contribution in [0.5, 0.6) is 11.5 Å². The van der Waals surface area contributed by atoms with Crippen molar-refractivity contribution in [1.82, 2.24) is 4.90 Å². The van der Waals surface area contributed by atoms with Crippen molar-refractivity contribution in [3.63, 3.8) is 0 Å². The van der Waals surface area contributed by atoms with E-state index in [1.807, 2.05) is 30.3 Å². The SMILES string of the molecule is C[C@@H]1C(=O)N(Cc2cc(Cl)c3c(c2)OCO3)C(=O)N1c1ccccc1. The average Bonchev–Trinajstić information content (AvgIpc) is 3.16. The molecule has 0 radical (unpaired) electrons. The molecule has 0 spiro atoms. The molecule has 2 heterocycles. The van der Waals surface area contributed by atoms with Gasteiger partial charge in [-0.3, -0.25) is 14.6 Å². The lowest BCUT2D eigenvalue weighted by molar-refractivity contribution is -0.127. The number of ether oxygens (including phenoxy) is 2. The minimum absolute atomic E-state index is 0.110. The fourth-order valence-electron chi connectivity index (χ4n) is 3.09. The van der Waals surface area contributed by atoms with Gasteiger partial charge in [-0.25, -0.2) is 4.79 Å². The third kappa shape index (κ3) is 2.59. The molecule has 2 aliphatic heterocycles. The van der Waals surface area contributed by atoms with E-state index in [0.29, 0.717) is 27.8 Å². The van der Waals surface area contributed by atoms with Crippen LogP contribution in [0.15, 0.2) is 42.5 Å². The molecule has 0 saturated carbocycles. The number of hydrogen-bond acceptors (Lipinski definition) is 4. The van der Waals surface area contributed by atoms with Crippen LogP contribution in [0.25, 0.3) is 0 Å². The number of para-hydroxylation sites is 1. The quantitative estimate of drug-likeness (QED) is 0.789. The number of urea groups is 1. The second kappa shape index (κ2) is 5.97. The van der Waals surface area contributed by atoms with E-state index in [4.69, 9.17) is 21.1 Å². The van der Waals surface area contributed by atoms with E-state index >= 15 is 0 Å². The van der Waals surface area contributed by atoms with Gasteiger partial charge in [0, 0.05) is 5.69 Å². The second-order valence-corrected chi connectivity index (χ2v) is 6.31. The van der Waals surface area contributed by atoms with E-state index in [2.05, 4.69) is 0 Å². The highest BCUT2D eigenvalue weighted by atomic mass is 35.5. The standard InChI is InChI=1S/C18H15ClN2O4/c1-11-17(22)20(18(23)21(11)13-5-3-2-4-6-13)9-12-7-14(19)16-15(8-12)24-10-25-16/h2-8,11H,9-10H2,1H3/t11-/m1/s1. The highest BCUT2D eigenvalue weighted by Gasteiger charge is 2.43. The fourth-order valence-corrected chi connectivity index (χ4v) is 3.38. The van der Waals surface area contributed by atoms with Crippen molar-refractivity contribution in [1.29, 1.82) is 0 Å². The Morgan fingerprint density at radius 3 is 2.68 bits per heavy atom. The van der Waals surface area contributed by atoms with Crippen molar-refractivity contribution >= 4 is 29.2 Å². The maximum atomic E-state index is 12.8. The Labute approximate surface area is 149 Å². The highest BCUT2D eigenvalue weighted by molar-refractivity contribution is 6.32. The van der Waals surface area contributed by atoms with Gasteiger partial charge in [0.2, 0.25) is 6.79 Å². The molecule has 128 valence electrons. The predicted molar refractivity (Wildman–Crippen MR) is 91.9 cm³/mol. The Hall–Kier alpha value is -2.73. The molecule has 0 aromatic heterocycles. The minimum Gasteiger partial charge on any atom is -0.454 e. The van der Waals surface area contributed by atoms with Gasteiger partial charge in [-0.2, -0.15) is 0 Å². The first-order valence-electron chi connectivity index (χ1n) is 7.84. The Morgan fingerprint density at radius 1 is 1.16 bits per heavy atom. The lowest BCUT2D eigenvalue weighted by Crippen LogP contribution is -2.33. The summed E-state index contributed by atoms with van der Waals surface area (Å²) in [6.07, 6.45) is 0. The molecule has 1 saturated heterocycles. The van der Waals surface area contributed by atoms with Crippen LogP contribution in [0.3, 0.4) is 0 Å². The van der Waals surface area contributed by atoms with Crippen molar-refractivity contribution in [3.8, 4) is 11.5 Å². The Kier molecular flexibility index (Phi) is 3.77. The fraction of sp³-hybridized carbons (Fsp3) is 0.222. The van der Waals surface area contributed by atoms with Gasteiger partial charge in [-0.15, -0.1) is 0 Å². The zero-order valence-electron chi connectivity index (χ0n) is 13.4. The summed E-state index contributed by atoms with van der Waals surface area (Å²) in [4.78, 5) is 28.1. The molecule has 2 aromatic carbocycles. The summed E-state index contributed by atoms with van der Waals surface area (Å²) >= 11 is 6.18. The number of halogens is 1. The lowest BCUT2D eigenvalue weighted by Gasteiger charge is -2.19. The van der Waals surface area contributed by atoms with Crippen LogP contribution >= 0.6 is 11.6 Å². The number of rotatable bonds is 3. The summed E-state index contributed by atoms with van der Waals surface area (Å²) in [6.45, 7) is 1.96. The van der Waals surface area contributed by atoms with Crippen molar-refractivity contribution in [3.05, 3.63) is 53.1 Å². The van der Waals surface area contributed by atoms with Crippen molar-refractivity contribution in [2.45, 2.75) is 19.5 Å². The molecule has 3 amide bonds. The van der Waals surface area contributed by atoms with Crippen LogP contribution in [0.1, 0.15) is 12.5 Å². The largest absolute Gasteiger partial charge is 0.454 e. The monoisotopic (exact) mass is 358 g/mol. The van der Waals surface area contributed by atoms with Crippen LogP contribution < -0.4 is 14.4 Å². The van der Waals surface area contributed by atoms with Crippen molar-refractivity contribution < 1.29 is 19.1 Å². The molecule has 1 fully saturated rings. The number of imide groups is 1. The van der Waals surface area contributed by atoms with Crippen LogP contribution in [-0.4, -0.2) is 29.7 Å². The predicted octanol–water partition coefficient (Wildman–Crippen LogP) is 3.43. The molecule has 7 heteroatoms. The van der Waals surface area contributed by atoms with E-state index in [1.54, 1.807) is 19.1 Å². The first-order chi connectivity index (χ1) is 12.1. The number of anilines is 1. The number of amides is 3. The molecule has 0 unspecified atom stereocenters. The first-order valence-corrected chi connectivity index (χ1v) is 8.21. The number of fused-ring (bicyclic) bond motifs is 1. The minimum atomic E-state index is -0.556. The number of carbonyl (C=O) groups excluding carboxylic acids is 2. The molecule has 4 rings (SSSR count). The van der Waals surface area contributed by atoms with Gasteiger partial charge in [0.1, 0.15) is 6.04 Å². The number of carbonyl (C=O) groups is 2. The topological polar surface area (TPSA) is 59.1 Å². The molecular formula is C18H15ClN2O4. The maximum absolute atomic E-state index is 12.8. The summed E-state index contributed by atoms with van der Waals surface area (Å²) in [5.41, 5.74) is 1.40. The van der Waals surface area contributed by atoms with Crippen molar-refractivity contribution in [2.24, 2.45) is 0 Å². The zero-order valence-corrected chi connectivity index (χ0v) is 14.2. The lowest BCUT2D eigenvalue weighted by atomic mass is 10.2. The summed E-state index contributed by atoms with van der Waals surface area (Å²) in [7, 11) is 0. The van der Waals surface area contributed by atoms with Crippen LogP contribution in [0.4, 0.5) is 10.5 Å². The van der Waals surface area contributed by atoms with Gasteiger partial charge in [0.05, 0.1) is 11.6 Å². The van der Waals surface area contributed by atoms with Gasteiger partial charge >= 0.3 is 6.03 Å². The number of benzene rings is 2. The molecule has 0 N–H and O–H groups in total. The van der Waals surface area contributed by atoms with E-state index in [1.165, 1.54) is 9.80 Å². The molecule has 2 aromatic rings. The van der Waals surface area contributed by atoms with Gasteiger partial charge in [-0.05, 0) is 36.8 Å².